The summed E-state index contributed by atoms with van der Waals surface area (Å²) in [7, 11) is 0. The molecule has 0 aliphatic heterocycles. The highest BCUT2D eigenvalue weighted by molar-refractivity contribution is 5.22. The molecule has 0 atom stereocenters. The third-order valence-electron chi connectivity index (χ3n) is 3.34. The Balaban J connectivity index is 2.35. The van der Waals surface area contributed by atoms with Gasteiger partial charge < -0.3 is 10.7 Å². The van der Waals surface area contributed by atoms with Crippen molar-refractivity contribution in [1.29, 1.82) is 0 Å². The molecule has 88 valence electrons. The van der Waals surface area contributed by atoms with Gasteiger partial charge in [-0.2, -0.15) is 0 Å². The summed E-state index contributed by atoms with van der Waals surface area (Å²) in [6, 6.07) is 0. The van der Waals surface area contributed by atoms with Gasteiger partial charge in [0.1, 0.15) is 5.82 Å². The zero-order valence-electron chi connectivity index (χ0n) is 9.75. The average molecular weight is 221 g/mol. The second-order valence-electron chi connectivity index (χ2n) is 4.53. The normalized spacial score (nSPS) is 16.9. The summed E-state index contributed by atoms with van der Waals surface area (Å²) in [6.45, 7) is 2.45. The molecule has 1 fully saturated rings. The Morgan fingerprint density at radius 3 is 2.69 bits per heavy atom. The molecule has 4 nitrogen and oxygen atoms in total. The molecule has 1 aromatic heterocycles. The number of aromatic amines is 1. The lowest BCUT2D eigenvalue weighted by molar-refractivity contribution is 0.688. The highest BCUT2D eigenvalue weighted by atomic mass is 16.1. The van der Waals surface area contributed by atoms with Gasteiger partial charge in [-0.25, -0.2) is 4.98 Å². The number of hydrogen-bond acceptors (Lipinski definition) is 3. The molecule has 0 bridgehead atoms. The molecule has 1 aliphatic rings. The Morgan fingerprint density at radius 1 is 1.44 bits per heavy atom. The summed E-state index contributed by atoms with van der Waals surface area (Å²) < 4.78 is 0. The number of nitrogens with zero attached hydrogens (tertiary/aromatic N) is 1. The Hall–Kier alpha value is -1.16. The minimum absolute atomic E-state index is 0.0443. The highest BCUT2D eigenvalue weighted by Crippen LogP contribution is 2.33. The molecule has 16 heavy (non-hydrogen) atoms. The van der Waals surface area contributed by atoms with Gasteiger partial charge in [0.15, 0.2) is 0 Å². The number of nitrogens with two attached hydrogens (primary N) is 1. The van der Waals surface area contributed by atoms with Crippen LogP contribution in [0.25, 0.3) is 0 Å². The van der Waals surface area contributed by atoms with Crippen LogP contribution in [0.2, 0.25) is 0 Å². The van der Waals surface area contributed by atoms with Crippen molar-refractivity contribution in [2.75, 3.05) is 6.54 Å². The van der Waals surface area contributed by atoms with E-state index in [2.05, 4.69) is 9.97 Å². The SMILES string of the molecule is Cc1nc(CCN)[nH]c(=O)c1C1CCCC1. The van der Waals surface area contributed by atoms with Gasteiger partial charge in [0.05, 0.1) is 0 Å². The van der Waals surface area contributed by atoms with Crippen molar-refractivity contribution in [3.8, 4) is 0 Å². The van der Waals surface area contributed by atoms with Crippen molar-refractivity contribution in [1.82, 2.24) is 9.97 Å². The van der Waals surface area contributed by atoms with E-state index >= 15 is 0 Å². The second-order valence-corrected chi connectivity index (χ2v) is 4.53. The molecule has 0 amide bonds. The fourth-order valence-corrected chi connectivity index (χ4v) is 2.60. The Morgan fingerprint density at radius 2 is 2.12 bits per heavy atom. The summed E-state index contributed by atoms with van der Waals surface area (Å²) >= 11 is 0. The standard InChI is InChI=1S/C12H19N3O/c1-8-11(9-4-2-3-5-9)12(16)15-10(14-8)6-7-13/h9H,2-7,13H2,1H3,(H,14,15,16). The van der Waals surface area contributed by atoms with Crippen LogP contribution in [-0.4, -0.2) is 16.5 Å². The first-order valence-electron chi connectivity index (χ1n) is 6.02. The number of aryl methyl sites for hydroxylation is 1. The molecule has 3 N–H and O–H groups in total. The van der Waals surface area contributed by atoms with Crippen molar-refractivity contribution in [3.05, 3.63) is 27.4 Å². The van der Waals surface area contributed by atoms with E-state index in [0.29, 0.717) is 24.7 Å². The fourth-order valence-electron chi connectivity index (χ4n) is 2.60. The van der Waals surface area contributed by atoms with E-state index in [-0.39, 0.29) is 5.56 Å². The van der Waals surface area contributed by atoms with Crippen LogP contribution < -0.4 is 11.3 Å². The number of nitrogens with one attached hydrogen (secondary N) is 1. The minimum Gasteiger partial charge on any atom is -0.330 e. The molecular weight excluding hydrogens is 202 g/mol. The van der Waals surface area contributed by atoms with E-state index in [1.165, 1.54) is 12.8 Å². The van der Waals surface area contributed by atoms with Crippen LogP contribution in [0.1, 0.15) is 48.7 Å². The van der Waals surface area contributed by atoms with Crippen LogP contribution in [-0.2, 0) is 6.42 Å². The summed E-state index contributed by atoms with van der Waals surface area (Å²) in [6.07, 6.45) is 5.35. The van der Waals surface area contributed by atoms with Crippen LogP contribution in [0.5, 0.6) is 0 Å². The van der Waals surface area contributed by atoms with E-state index in [1.54, 1.807) is 0 Å². The number of aromatic nitrogens is 2. The maximum Gasteiger partial charge on any atom is 0.254 e. The average Bonchev–Trinajstić information content (AvgIpc) is 2.70. The van der Waals surface area contributed by atoms with Gasteiger partial charge in [0, 0.05) is 17.7 Å². The molecule has 1 aliphatic carbocycles. The summed E-state index contributed by atoms with van der Waals surface area (Å²) in [5.74, 6) is 1.13. The summed E-state index contributed by atoms with van der Waals surface area (Å²) in [4.78, 5) is 19.3. The van der Waals surface area contributed by atoms with Gasteiger partial charge in [-0.3, -0.25) is 4.79 Å². The molecule has 4 heteroatoms. The van der Waals surface area contributed by atoms with Crippen molar-refractivity contribution in [3.63, 3.8) is 0 Å². The van der Waals surface area contributed by atoms with E-state index in [1.807, 2.05) is 6.92 Å². The molecule has 2 rings (SSSR count). The van der Waals surface area contributed by atoms with Crippen LogP contribution in [0.4, 0.5) is 0 Å². The number of H-pyrrole nitrogens is 1. The van der Waals surface area contributed by atoms with Crippen molar-refractivity contribution >= 4 is 0 Å². The first kappa shape index (κ1) is 11.3. The largest absolute Gasteiger partial charge is 0.330 e. The molecule has 0 aromatic carbocycles. The van der Waals surface area contributed by atoms with Crippen molar-refractivity contribution in [2.24, 2.45) is 5.73 Å². The lowest BCUT2D eigenvalue weighted by Gasteiger charge is -2.12. The summed E-state index contributed by atoms with van der Waals surface area (Å²) in [5.41, 5.74) is 7.29. The van der Waals surface area contributed by atoms with Gasteiger partial charge >= 0.3 is 0 Å². The van der Waals surface area contributed by atoms with E-state index < -0.39 is 0 Å². The van der Waals surface area contributed by atoms with E-state index in [0.717, 1.165) is 24.1 Å². The van der Waals surface area contributed by atoms with Crippen LogP contribution in [0, 0.1) is 6.92 Å². The third-order valence-corrected chi connectivity index (χ3v) is 3.34. The molecule has 0 saturated heterocycles. The third kappa shape index (κ3) is 2.16. The minimum atomic E-state index is 0.0443. The zero-order valence-corrected chi connectivity index (χ0v) is 9.75. The van der Waals surface area contributed by atoms with Gasteiger partial charge in [-0.15, -0.1) is 0 Å². The number of rotatable bonds is 3. The lowest BCUT2D eigenvalue weighted by atomic mass is 9.97. The van der Waals surface area contributed by atoms with Crippen LogP contribution >= 0.6 is 0 Å². The molecular formula is C12H19N3O. The van der Waals surface area contributed by atoms with E-state index in [9.17, 15) is 4.79 Å². The quantitative estimate of drug-likeness (QED) is 0.806. The predicted octanol–water partition coefficient (Wildman–Crippen LogP) is 1.24. The second kappa shape index (κ2) is 4.78. The first-order valence-corrected chi connectivity index (χ1v) is 6.02. The van der Waals surface area contributed by atoms with Crippen molar-refractivity contribution in [2.45, 2.75) is 44.9 Å². The summed E-state index contributed by atoms with van der Waals surface area (Å²) in [5, 5.41) is 0. The molecule has 1 heterocycles. The zero-order chi connectivity index (χ0) is 11.5. The predicted molar refractivity (Wildman–Crippen MR) is 63.6 cm³/mol. The molecule has 0 radical (unpaired) electrons. The topological polar surface area (TPSA) is 71.8 Å². The first-order chi connectivity index (χ1) is 7.72. The Bertz CT molecular complexity index is 419. The van der Waals surface area contributed by atoms with Gasteiger partial charge in [0.25, 0.3) is 5.56 Å². The van der Waals surface area contributed by atoms with Gasteiger partial charge in [-0.1, -0.05) is 12.8 Å². The maximum absolute atomic E-state index is 12.0. The van der Waals surface area contributed by atoms with E-state index in [4.69, 9.17) is 5.73 Å². The number of hydrogen-bond donors (Lipinski definition) is 2. The molecule has 0 unspecified atom stereocenters. The fraction of sp³-hybridized carbons (Fsp3) is 0.667. The Labute approximate surface area is 95.3 Å². The van der Waals surface area contributed by atoms with Crippen molar-refractivity contribution < 1.29 is 0 Å². The monoisotopic (exact) mass is 221 g/mol. The van der Waals surface area contributed by atoms with Gasteiger partial charge in [0.2, 0.25) is 0 Å². The lowest BCUT2D eigenvalue weighted by Crippen LogP contribution is -2.22. The van der Waals surface area contributed by atoms with Crippen LogP contribution in [0.15, 0.2) is 4.79 Å². The Kier molecular flexibility index (Phi) is 3.39. The molecule has 1 aromatic rings. The highest BCUT2D eigenvalue weighted by Gasteiger charge is 2.22. The maximum atomic E-state index is 12.0. The van der Waals surface area contributed by atoms with Crippen LogP contribution in [0.3, 0.4) is 0 Å². The molecule has 0 spiro atoms. The molecule has 1 saturated carbocycles. The smallest absolute Gasteiger partial charge is 0.254 e. The van der Waals surface area contributed by atoms with Gasteiger partial charge in [-0.05, 0) is 32.2 Å².